The molecule has 1 unspecified atom stereocenters. The van der Waals surface area contributed by atoms with Crippen LogP contribution in [0.15, 0.2) is 24.3 Å². The van der Waals surface area contributed by atoms with Crippen molar-refractivity contribution in [1.82, 2.24) is 9.78 Å². The van der Waals surface area contributed by atoms with Crippen molar-refractivity contribution in [2.24, 2.45) is 7.05 Å². The lowest BCUT2D eigenvalue weighted by molar-refractivity contribution is 0.185. The largest absolute Gasteiger partial charge is 0.380 e. The van der Waals surface area contributed by atoms with Gasteiger partial charge in [0.15, 0.2) is 0 Å². The summed E-state index contributed by atoms with van der Waals surface area (Å²) in [5, 5.41) is 8.02. The van der Waals surface area contributed by atoms with E-state index in [4.69, 9.17) is 4.74 Å². The first-order valence-corrected chi connectivity index (χ1v) is 6.87. The van der Waals surface area contributed by atoms with Crippen LogP contribution in [0.1, 0.15) is 35.5 Å². The number of hydrogen-bond acceptors (Lipinski definition) is 3. The summed E-state index contributed by atoms with van der Waals surface area (Å²) in [6.45, 7) is 6.96. The van der Waals surface area contributed by atoms with Crippen molar-refractivity contribution in [3.8, 4) is 0 Å². The first-order chi connectivity index (χ1) is 9.52. The van der Waals surface area contributed by atoms with E-state index in [9.17, 15) is 0 Å². The molecular weight excluding hydrogens is 250 g/mol. The standard InChI is InChI=1S/C16H23N3O/c1-11(16-12(2)18-19(4)13(16)3)17-15-8-6-7-14(9-15)10-20-5/h6-9,11,17H,10H2,1-5H3. The summed E-state index contributed by atoms with van der Waals surface area (Å²) in [4.78, 5) is 0. The number of hydrogen-bond donors (Lipinski definition) is 1. The average Bonchev–Trinajstić information content (AvgIpc) is 2.64. The molecule has 1 aromatic heterocycles. The van der Waals surface area contributed by atoms with E-state index in [0.29, 0.717) is 6.61 Å². The number of rotatable bonds is 5. The number of benzene rings is 1. The van der Waals surface area contributed by atoms with Gasteiger partial charge in [-0.1, -0.05) is 12.1 Å². The van der Waals surface area contributed by atoms with Gasteiger partial charge in [-0.25, -0.2) is 0 Å². The van der Waals surface area contributed by atoms with E-state index in [1.54, 1.807) is 7.11 Å². The van der Waals surface area contributed by atoms with Crippen LogP contribution in [0.25, 0.3) is 0 Å². The lowest BCUT2D eigenvalue weighted by Gasteiger charge is -2.17. The fourth-order valence-corrected chi connectivity index (χ4v) is 2.66. The smallest absolute Gasteiger partial charge is 0.0713 e. The fourth-order valence-electron chi connectivity index (χ4n) is 2.66. The monoisotopic (exact) mass is 273 g/mol. The topological polar surface area (TPSA) is 39.1 Å². The van der Waals surface area contributed by atoms with E-state index in [0.717, 1.165) is 11.4 Å². The molecule has 1 aromatic carbocycles. The molecule has 0 aliphatic heterocycles. The van der Waals surface area contributed by atoms with Crippen LogP contribution in [0.2, 0.25) is 0 Å². The molecule has 0 bridgehead atoms. The molecule has 20 heavy (non-hydrogen) atoms. The number of ether oxygens (including phenoxy) is 1. The molecule has 1 atom stereocenters. The zero-order valence-electron chi connectivity index (χ0n) is 12.9. The highest BCUT2D eigenvalue weighted by Crippen LogP contribution is 2.25. The second kappa shape index (κ2) is 6.09. The van der Waals surface area contributed by atoms with Gasteiger partial charge in [-0.05, 0) is 38.5 Å². The van der Waals surface area contributed by atoms with E-state index in [1.165, 1.54) is 16.8 Å². The second-order valence-electron chi connectivity index (χ2n) is 5.21. The van der Waals surface area contributed by atoms with Crippen LogP contribution >= 0.6 is 0 Å². The molecule has 2 aromatic rings. The van der Waals surface area contributed by atoms with Crippen LogP contribution in [-0.4, -0.2) is 16.9 Å². The molecule has 0 aliphatic rings. The third-order valence-corrected chi connectivity index (χ3v) is 3.62. The lowest BCUT2D eigenvalue weighted by Crippen LogP contribution is -2.09. The third kappa shape index (κ3) is 3.02. The zero-order chi connectivity index (χ0) is 14.7. The van der Waals surface area contributed by atoms with Crippen LogP contribution < -0.4 is 5.32 Å². The van der Waals surface area contributed by atoms with Crippen LogP contribution in [0.4, 0.5) is 5.69 Å². The van der Waals surface area contributed by atoms with Gasteiger partial charge in [0.25, 0.3) is 0 Å². The van der Waals surface area contributed by atoms with Crippen LogP contribution in [0.3, 0.4) is 0 Å². The Morgan fingerprint density at radius 1 is 1.35 bits per heavy atom. The molecule has 2 rings (SSSR count). The van der Waals surface area contributed by atoms with Gasteiger partial charge in [0, 0.05) is 31.1 Å². The Kier molecular flexibility index (Phi) is 4.45. The molecule has 0 spiro atoms. The summed E-state index contributed by atoms with van der Waals surface area (Å²) in [7, 11) is 3.70. The van der Waals surface area contributed by atoms with Crippen molar-refractivity contribution in [2.45, 2.75) is 33.4 Å². The summed E-state index contributed by atoms with van der Waals surface area (Å²) in [5.74, 6) is 0. The van der Waals surface area contributed by atoms with E-state index >= 15 is 0 Å². The van der Waals surface area contributed by atoms with E-state index in [-0.39, 0.29) is 6.04 Å². The van der Waals surface area contributed by atoms with Crippen molar-refractivity contribution >= 4 is 5.69 Å². The SMILES string of the molecule is COCc1cccc(NC(C)c2c(C)nn(C)c2C)c1. The first kappa shape index (κ1) is 14.6. The summed E-state index contributed by atoms with van der Waals surface area (Å²) < 4.78 is 7.11. The van der Waals surface area contributed by atoms with E-state index < -0.39 is 0 Å². The van der Waals surface area contributed by atoms with Gasteiger partial charge in [0.2, 0.25) is 0 Å². The van der Waals surface area contributed by atoms with Gasteiger partial charge >= 0.3 is 0 Å². The van der Waals surface area contributed by atoms with Crippen LogP contribution in [0, 0.1) is 13.8 Å². The Balaban J connectivity index is 2.19. The molecule has 0 saturated carbocycles. The number of anilines is 1. The molecule has 1 N–H and O–H groups in total. The van der Waals surface area contributed by atoms with Crippen molar-refractivity contribution in [3.63, 3.8) is 0 Å². The Hall–Kier alpha value is -1.81. The Morgan fingerprint density at radius 3 is 2.70 bits per heavy atom. The molecule has 0 amide bonds. The molecule has 4 heteroatoms. The van der Waals surface area contributed by atoms with Gasteiger partial charge in [-0.3, -0.25) is 4.68 Å². The van der Waals surface area contributed by atoms with Gasteiger partial charge in [-0.15, -0.1) is 0 Å². The first-order valence-electron chi connectivity index (χ1n) is 6.87. The van der Waals surface area contributed by atoms with Crippen LogP contribution in [-0.2, 0) is 18.4 Å². The van der Waals surface area contributed by atoms with Crippen molar-refractivity contribution in [1.29, 1.82) is 0 Å². The van der Waals surface area contributed by atoms with Crippen molar-refractivity contribution in [2.75, 3.05) is 12.4 Å². The number of aryl methyl sites for hydroxylation is 2. The number of nitrogens with zero attached hydrogens (tertiary/aromatic N) is 2. The molecule has 0 saturated heterocycles. The van der Waals surface area contributed by atoms with Crippen LogP contribution in [0.5, 0.6) is 0 Å². The molecule has 1 heterocycles. The molecule has 0 aliphatic carbocycles. The lowest BCUT2D eigenvalue weighted by atomic mass is 10.1. The summed E-state index contributed by atoms with van der Waals surface area (Å²) in [6, 6.07) is 8.55. The highest BCUT2D eigenvalue weighted by atomic mass is 16.5. The summed E-state index contributed by atoms with van der Waals surface area (Å²) in [5.41, 5.74) is 5.83. The molecule has 108 valence electrons. The van der Waals surface area contributed by atoms with Gasteiger partial charge in [0.1, 0.15) is 0 Å². The van der Waals surface area contributed by atoms with Gasteiger partial charge in [-0.2, -0.15) is 5.10 Å². The quantitative estimate of drug-likeness (QED) is 0.908. The normalized spacial score (nSPS) is 12.4. The highest BCUT2D eigenvalue weighted by molar-refractivity contribution is 5.48. The van der Waals surface area contributed by atoms with Gasteiger partial charge < -0.3 is 10.1 Å². The maximum absolute atomic E-state index is 5.17. The summed E-state index contributed by atoms with van der Waals surface area (Å²) >= 11 is 0. The highest BCUT2D eigenvalue weighted by Gasteiger charge is 2.16. The van der Waals surface area contributed by atoms with Gasteiger partial charge in [0.05, 0.1) is 18.3 Å². The summed E-state index contributed by atoms with van der Waals surface area (Å²) in [6.07, 6.45) is 0. The fraction of sp³-hybridized carbons (Fsp3) is 0.438. The Morgan fingerprint density at radius 2 is 2.10 bits per heavy atom. The predicted molar refractivity (Wildman–Crippen MR) is 81.9 cm³/mol. The molecular formula is C16H23N3O. The number of aromatic nitrogens is 2. The van der Waals surface area contributed by atoms with Crippen molar-refractivity contribution < 1.29 is 4.74 Å². The minimum Gasteiger partial charge on any atom is -0.380 e. The molecule has 4 nitrogen and oxygen atoms in total. The maximum Gasteiger partial charge on any atom is 0.0713 e. The number of nitrogens with one attached hydrogen (secondary N) is 1. The Bertz CT molecular complexity index is 589. The van der Waals surface area contributed by atoms with Crippen molar-refractivity contribution in [3.05, 3.63) is 46.8 Å². The average molecular weight is 273 g/mol. The molecule has 0 fully saturated rings. The van der Waals surface area contributed by atoms with E-state index in [2.05, 4.69) is 49.4 Å². The predicted octanol–water partition coefficient (Wildman–Crippen LogP) is 3.36. The number of methoxy groups -OCH3 is 1. The van der Waals surface area contributed by atoms with E-state index in [1.807, 2.05) is 17.8 Å². The zero-order valence-corrected chi connectivity index (χ0v) is 12.9. The third-order valence-electron chi connectivity index (χ3n) is 3.62. The Labute approximate surface area is 120 Å². The second-order valence-corrected chi connectivity index (χ2v) is 5.21. The molecule has 0 radical (unpaired) electrons. The maximum atomic E-state index is 5.17. The minimum absolute atomic E-state index is 0.224. The minimum atomic E-state index is 0.224.